The summed E-state index contributed by atoms with van der Waals surface area (Å²) in [6, 6.07) is 2.70. The van der Waals surface area contributed by atoms with Crippen LogP contribution in [0.2, 0.25) is 0 Å². The van der Waals surface area contributed by atoms with E-state index < -0.39 is 0 Å². The predicted octanol–water partition coefficient (Wildman–Crippen LogP) is 2.47. The molecule has 0 bridgehead atoms. The van der Waals surface area contributed by atoms with Crippen molar-refractivity contribution in [1.29, 1.82) is 0 Å². The first kappa shape index (κ1) is 8.50. The number of rotatable bonds is 1. The first-order valence-corrected chi connectivity index (χ1v) is 4.39. The van der Waals surface area contributed by atoms with Crippen molar-refractivity contribution in [3.05, 3.63) is 22.6 Å². The lowest BCUT2D eigenvalue weighted by Crippen LogP contribution is -1.86. The fourth-order valence-electron chi connectivity index (χ4n) is 1.18. The summed E-state index contributed by atoms with van der Waals surface area (Å²) >= 11 is 3.22. The molecule has 0 fully saturated rings. The molecule has 0 aliphatic carbocycles. The Kier molecular flexibility index (Phi) is 1.95. The minimum atomic E-state index is -0.341. The fraction of sp³-hybridized carbons (Fsp3) is 0.125. The number of fused-ring (bicyclic) bond motifs is 1. The number of aromatic amines is 1. The van der Waals surface area contributed by atoms with Crippen LogP contribution in [0.5, 0.6) is 5.75 Å². The topological polar surface area (TPSA) is 37.9 Å². The van der Waals surface area contributed by atoms with Gasteiger partial charge in [0.25, 0.3) is 0 Å². The van der Waals surface area contributed by atoms with Gasteiger partial charge in [-0.25, -0.2) is 4.39 Å². The Labute approximate surface area is 82.0 Å². The van der Waals surface area contributed by atoms with Crippen molar-refractivity contribution >= 4 is 26.8 Å². The third-order valence-corrected chi connectivity index (χ3v) is 2.37. The maximum Gasteiger partial charge on any atom is 0.149 e. The van der Waals surface area contributed by atoms with Crippen molar-refractivity contribution in [2.24, 2.45) is 0 Å². The second kappa shape index (κ2) is 2.99. The number of aromatic nitrogens is 2. The van der Waals surface area contributed by atoms with Crippen LogP contribution in [0, 0.1) is 5.82 Å². The summed E-state index contributed by atoms with van der Waals surface area (Å²) in [5.74, 6) is 0.0865. The fourth-order valence-corrected chi connectivity index (χ4v) is 1.57. The molecule has 0 amide bonds. The molecule has 5 heteroatoms. The van der Waals surface area contributed by atoms with Gasteiger partial charge in [0, 0.05) is 11.5 Å². The maximum atomic E-state index is 13.0. The van der Waals surface area contributed by atoms with E-state index in [1.54, 1.807) is 0 Å². The largest absolute Gasteiger partial charge is 0.494 e. The highest BCUT2D eigenvalue weighted by atomic mass is 79.9. The van der Waals surface area contributed by atoms with Gasteiger partial charge in [0.15, 0.2) is 0 Å². The number of methoxy groups -OCH3 is 1. The summed E-state index contributed by atoms with van der Waals surface area (Å²) in [5, 5.41) is 7.34. The molecular weight excluding hydrogens is 239 g/mol. The van der Waals surface area contributed by atoms with Gasteiger partial charge in [0.05, 0.1) is 7.11 Å². The van der Waals surface area contributed by atoms with Gasteiger partial charge >= 0.3 is 0 Å². The maximum absolute atomic E-state index is 13.0. The number of hydrogen-bond donors (Lipinski definition) is 1. The lowest BCUT2D eigenvalue weighted by Gasteiger charge is -1.99. The van der Waals surface area contributed by atoms with Gasteiger partial charge in [-0.1, -0.05) is 0 Å². The Bertz CT molecular complexity index is 455. The van der Waals surface area contributed by atoms with Gasteiger partial charge in [0.1, 0.15) is 21.7 Å². The molecule has 0 aliphatic rings. The first-order chi connectivity index (χ1) is 6.22. The van der Waals surface area contributed by atoms with Crippen LogP contribution in [0.4, 0.5) is 4.39 Å². The SMILES string of the molecule is COc1cc(F)cc2c(Br)[nH]nc12. The molecule has 2 aromatic rings. The van der Waals surface area contributed by atoms with E-state index in [0.29, 0.717) is 21.3 Å². The standard InChI is InChI=1S/C8H6BrFN2O/c1-13-6-3-4(10)2-5-7(6)11-12-8(5)9/h2-3H,1H3,(H,11,12). The van der Waals surface area contributed by atoms with Crippen molar-refractivity contribution in [3.63, 3.8) is 0 Å². The predicted molar refractivity (Wildman–Crippen MR) is 50.3 cm³/mol. The van der Waals surface area contributed by atoms with E-state index in [0.717, 1.165) is 0 Å². The van der Waals surface area contributed by atoms with Gasteiger partial charge in [-0.15, -0.1) is 0 Å². The van der Waals surface area contributed by atoms with Crippen LogP contribution in [-0.2, 0) is 0 Å². The van der Waals surface area contributed by atoms with Crippen LogP contribution in [0.1, 0.15) is 0 Å². The molecule has 3 nitrogen and oxygen atoms in total. The molecule has 68 valence electrons. The number of hydrogen-bond acceptors (Lipinski definition) is 2. The average molecular weight is 245 g/mol. The van der Waals surface area contributed by atoms with Crippen molar-refractivity contribution in [2.75, 3.05) is 7.11 Å². The summed E-state index contributed by atoms with van der Waals surface area (Å²) in [6.45, 7) is 0. The van der Waals surface area contributed by atoms with E-state index in [2.05, 4.69) is 26.1 Å². The average Bonchev–Trinajstić information content (AvgIpc) is 2.47. The molecule has 1 heterocycles. The zero-order valence-electron chi connectivity index (χ0n) is 6.77. The summed E-state index contributed by atoms with van der Waals surface area (Å²) in [7, 11) is 1.48. The lowest BCUT2D eigenvalue weighted by molar-refractivity contribution is 0.415. The number of nitrogens with zero attached hydrogens (tertiary/aromatic N) is 1. The Balaban J connectivity index is 2.84. The molecule has 0 spiro atoms. The van der Waals surface area contributed by atoms with Gasteiger partial charge in [-0.05, 0) is 22.0 Å². The van der Waals surface area contributed by atoms with Crippen molar-refractivity contribution in [3.8, 4) is 5.75 Å². The minimum absolute atomic E-state index is 0.341. The van der Waals surface area contributed by atoms with Crippen molar-refractivity contribution < 1.29 is 9.13 Å². The molecule has 0 atom stereocenters. The quantitative estimate of drug-likeness (QED) is 0.837. The third kappa shape index (κ3) is 1.29. The number of nitrogens with one attached hydrogen (secondary N) is 1. The van der Waals surface area contributed by atoms with Crippen LogP contribution in [0.3, 0.4) is 0 Å². The smallest absolute Gasteiger partial charge is 0.149 e. The molecule has 0 saturated heterocycles. The third-order valence-electron chi connectivity index (χ3n) is 1.76. The molecule has 0 radical (unpaired) electrons. The zero-order chi connectivity index (χ0) is 9.42. The van der Waals surface area contributed by atoms with E-state index in [1.165, 1.54) is 19.2 Å². The van der Waals surface area contributed by atoms with Crippen molar-refractivity contribution in [1.82, 2.24) is 10.2 Å². The highest BCUT2D eigenvalue weighted by molar-refractivity contribution is 9.10. The Morgan fingerprint density at radius 3 is 3.00 bits per heavy atom. The summed E-state index contributed by atoms with van der Waals surface area (Å²) in [6.07, 6.45) is 0. The summed E-state index contributed by atoms with van der Waals surface area (Å²) in [4.78, 5) is 0. The monoisotopic (exact) mass is 244 g/mol. The summed E-state index contributed by atoms with van der Waals surface area (Å²) < 4.78 is 18.6. The van der Waals surface area contributed by atoms with Gasteiger partial charge in [-0.3, -0.25) is 5.10 Å². The van der Waals surface area contributed by atoms with E-state index in [1.807, 2.05) is 0 Å². The zero-order valence-corrected chi connectivity index (χ0v) is 8.35. The minimum Gasteiger partial charge on any atom is -0.494 e. The molecule has 1 aromatic carbocycles. The van der Waals surface area contributed by atoms with Crippen LogP contribution < -0.4 is 4.74 Å². The molecule has 1 aromatic heterocycles. The van der Waals surface area contributed by atoms with Crippen LogP contribution in [-0.4, -0.2) is 17.3 Å². The van der Waals surface area contributed by atoms with Crippen molar-refractivity contribution in [2.45, 2.75) is 0 Å². The van der Waals surface area contributed by atoms with Gasteiger partial charge in [-0.2, -0.15) is 5.10 Å². The van der Waals surface area contributed by atoms with E-state index >= 15 is 0 Å². The molecule has 0 unspecified atom stereocenters. The molecule has 0 saturated carbocycles. The number of halogens is 2. The number of H-pyrrole nitrogens is 1. The van der Waals surface area contributed by atoms with Crippen LogP contribution >= 0.6 is 15.9 Å². The van der Waals surface area contributed by atoms with Gasteiger partial charge in [0.2, 0.25) is 0 Å². The molecule has 13 heavy (non-hydrogen) atoms. The van der Waals surface area contributed by atoms with E-state index in [4.69, 9.17) is 4.74 Å². The second-order valence-electron chi connectivity index (χ2n) is 2.54. The normalized spacial score (nSPS) is 10.7. The Morgan fingerprint density at radius 2 is 2.31 bits per heavy atom. The molecule has 2 rings (SSSR count). The Morgan fingerprint density at radius 1 is 1.54 bits per heavy atom. The van der Waals surface area contributed by atoms with Crippen LogP contribution in [0.15, 0.2) is 16.7 Å². The highest BCUT2D eigenvalue weighted by Crippen LogP contribution is 2.29. The van der Waals surface area contributed by atoms with Crippen LogP contribution in [0.25, 0.3) is 10.9 Å². The molecule has 0 aliphatic heterocycles. The number of benzene rings is 1. The molecule has 1 N–H and O–H groups in total. The van der Waals surface area contributed by atoms with E-state index in [-0.39, 0.29) is 5.82 Å². The second-order valence-corrected chi connectivity index (χ2v) is 3.33. The highest BCUT2D eigenvalue weighted by Gasteiger charge is 2.09. The summed E-state index contributed by atoms with van der Waals surface area (Å²) in [5.41, 5.74) is 0.621. The lowest BCUT2D eigenvalue weighted by atomic mass is 10.2. The van der Waals surface area contributed by atoms with Gasteiger partial charge < -0.3 is 4.74 Å². The molecular formula is C8H6BrFN2O. The Hall–Kier alpha value is -1.10. The van der Waals surface area contributed by atoms with E-state index in [9.17, 15) is 4.39 Å². The number of ether oxygens (including phenoxy) is 1. The first-order valence-electron chi connectivity index (χ1n) is 3.59.